The van der Waals surface area contributed by atoms with Gasteiger partial charge in [0.1, 0.15) is 11.8 Å². The van der Waals surface area contributed by atoms with Crippen LogP contribution in [-0.4, -0.2) is 42.7 Å². The third kappa shape index (κ3) is 2.51. The lowest BCUT2D eigenvalue weighted by atomic mass is 10.1. The summed E-state index contributed by atoms with van der Waals surface area (Å²) >= 11 is 6.00. The van der Waals surface area contributed by atoms with Crippen molar-refractivity contribution in [2.45, 2.75) is 6.04 Å². The van der Waals surface area contributed by atoms with Crippen LogP contribution in [0.25, 0.3) is 0 Å². The molecule has 0 spiro atoms. The molecule has 0 aliphatic carbocycles. The van der Waals surface area contributed by atoms with E-state index >= 15 is 0 Å². The van der Waals surface area contributed by atoms with Gasteiger partial charge in [-0.05, 0) is 6.07 Å². The van der Waals surface area contributed by atoms with E-state index in [1.54, 1.807) is 12.3 Å². The Balaban J connectivity index is 2.18. The largest absolute Gasteiger partial charge is 0.314 e. The molecule has 1 aliphatic rings. The highest BCUT2D eigenvalue weighted by atomic mass is 35.5. The van der Waals surface area contributed by atoms with E-state index in [1.165, 1.54) is 0 Å². The van der Waals surface area contributed by atoms with Crippen LogP contribution in [0.15, 0.2) is 18.3 Å². The summed E-state index contributed by atoms with van der Waals surface area (Å²) in [6.45, 7) is 3.06. The summed E-state index contributed by atoms with van der Waals surface area (Å²) in [6.07, 6.45) is 1.62. The molecule has 3 nitrogen and oxygen atoms in total. The van der Waals surface area contributed by atoms with Crippen molar-refractivity contribution in [2.24, 2.45) is 0 Å². The first-order valence-electron chi connectivity index (χ1n) is 5.44. The molecule has 1 aromatic heterocycles. The molecule has 2 heterocycles. The molecule has 0 radical (unpaired) electrons. The monoisotopic (exact) mass is 243 g/mol. The molecule has 1 aliphatic heterocycles. The van der Waals surface area contributed by atoms with Gasteiger partial charge in [-0.2, -0.15) is 0 Å². The van der Waals surface area contributed by atoms with E-state index in [1.807, 2.05) is 6.07 Å². The number of rotatable bonds is 3. The van der Waals surface area contributed by atoms with E-state index in [4.69, 9.17) is 11.6 Å². The maximum Gasteiger partial charge on any atom is 0.133 e. The van der Waals surface area contributed by atoms with Crippen LogP contribution in [0.2, 0.25) is 5.15 Å². The van der Waals surface area contributed by atoms with Crippen LogP contribution in [0.3, 0.4) is 0 Å². The number of aromatic nitrogens is 1. The van der Waals surface area contributed by atoms with Crippen molar-refractivity contribution in [3.05, 3.63) is 29.0 Å². The second kappa shape index (κ2) is 5.57. The molecule has 5 heteroatoms. The zero-order chi connectivity index (χ0) is 11.4. The van der Waals surface area contributed by atoms with Gasteiger partial charge in [-0.1, -0.05) is 17.7 Å². The topological polar surface area (TPSA) is 28.2 Å². The Morgan fingerprint density at radius 3 is 2.88 bits per heavy atom. The van der Waals surface area contributed by atoms with Crippen molar-refractivity contribution in [2.75, 3.05) is 32.9 Å². The average molecular weight is 244 g/mol. The Bertz CT molecular complexity index is 342. The minimum atomic E-state index is -0.425. The molecule has 0 aromatic carbocycles. The zero-order valence-electron chi connectivity index (χ0n) is 9.00. The van der Waals surface area contributed by atoms with Gasteiger partial charge in [0.05, 0.1) is 6.04 Å². The summed E-state index contributed by atoms with van der Waals surface area (Å²) in [5, 5.41) is 3.65. The minimum Gasteiger partial charge on any atom is -0.314 e. The number of hydrogen-bond acceptors (Lipinski definition) is 3. The first kappa shape index (κ1) is 11.8. The van der Waals surface area contributed by atoms with E-state index in [0.29, 0.717) is 5.15 Å². The van der Waals surface area contributed by atoms with Gasteiger partial charge < -0.3 is 5.32 Å². The highest BCUT2D eigenvalue weighted by Gasteiger charge is 2.24. The van der Waals surface area contributed by atoms with Crippen LogP contribution in [0.5, 0.6) is 0 Å². The maximum atomic E-state index is 13.2. The summed E-state index contributed by atoms with van der Waals surface area (Å²) in [6, 6.07) is 3.39. The van der Waals surface area contributed by atoms with Crippen LogP contribution in [-0.2, 0) is 0 Å². The van der Waals surface area contributed by atoms with Gasteiger partial charge in [-0.25, -0.2) is 9.37 Å². The molecule has 0 amide bonds. The number of nitrogens with one attached hydrogen (secondary N) is 1. The smallest absolute Gasteiger partial charge is 0.133 e. The van der Waals surface area contributed by atoms with Gasteiger partial charge >= 0.3 is 0 Å². The lowest BCUT2D eigenvalue weighted by Crippen LogP contribution is -2.45. The van der Waals surface area contributed by atoms with Gasteiger partial charge in [0.2, 0.25) is 0 Å². The lowest BCUT2D eigenvalue weighted by molar-refractivity contribution is 0.147. The van der Waals surface area contributed by atoms with E-state index < -0.39 is 6.67 Å². The van der Waals surface area contributed by atoms with Crippen molar-refractivity contribution in [1.29, 1.82) is 0 Å². The summed E-state index contributed by atoms with van der Waals surface area (Å²) < 4.78 is 13.2. The Hall–Kier alpha value is -0.710. The molecule has 0 saturated carbocycles. The third-order valence-electron chi connectivity index (χ3n) is 2.89. The van der Waals surface area contributed by atoms with Crippen molar-refractivity contribution in [3.8, 4) is 0 Å². The van der Waals surface area contributed by atoms with E-state index in [0.717, 1.165) is 31.7 Å². The first-order valence-corrected chi connectivity index (χ1v) is 5.82. The van der Waals surface area contributed by atoms with Gasteiger partial charge in [0.25, 0.3) is 0 Å². The molecule has 0 bridgehead atoms. The average Bonchev–Trinajstić information content (AvgIpc) is 2.34. The van der Waals surface area contributed by atoms with Crippen molar-refractivity contribution >= 4 is 11.6 Å². The van der Waals surface area contributed by atoms with Gasteiger partial charge in [0, 0.05) is 37.9 Å². The van der Waals surface area contributed by atoms with Crippen LogP contribution in [0, 0.1) is 0 Å². The standard InChI is InChI=1S/C11H15ClFN3/c12-11-9(2-1-3-15-11)10(8-13)16-6-4-14-5-7-16/h1-3,10,14H,4-8H2/t10-/m1/s1. The predicted octanol–water partition coefficient (Wildman–Crippen LogP) is 1.65. The molecule has 1 fully saturated rings. The Morgan fingerprint density at radius 2 is 2.25 bits per heavy atom. The summed E-state index contributed by atoms with van der Waals surface area (Å²) in [5.74, 6) is 0. The maximum absolute atomic E-state index is 13.2. The molecular weight excluding hydrogens is 229 g/mol. The van der Waals surface area contributed by atoms with Crippen LogP contribution < -0.4 is 5.32 Å². The van der Waals surface area contributed by atoms with Gasteiger partial charge in [0.15, 0.2) is 0 Å². The minimum absolute atomic E-state index is 0.261. The Labute approximate surface area is 99.6 Å². The molecule has 16 heavy (non-hydrogen) atoms. The third-order valence-corrected chi connectivity index (χ3v) is 3.20. The molecule has 1 N–H and O–H groups in total. The Morgan fingerprint density at radius 1 is 1.50 bits per heavy atom. The molecular formula is C11H15ClFN3. The molecule has 0 unspecified atom stereocenters. The fraction of sp³-hybridized carbons (Fsp3) is 0.545. The predicted molar refractivity (Wildman–Crippen MR) is 62.4 cm³/mol. The normalized spacial score (nSPS) is 19.6. The summed E-state index contributed by atoms with van der Waals surface area (Å²) in [7, 11) is 0. The van der Waals surface area contributed by atoms with Crippen LogP contribution in [0.1, 0.15) is 11.6 Å². The number of hydrogen-bond donors (Lipinski definition) is 1. The Kier molecular flexibility index (Phi) is 4.09. The van der Waals surface area contributed by atoms with Gasteiger partial charge in [-0.3, -0.25) is 4.90 Å². The quantitative estimate of drug-likeness (QED) is 0.819. The van der Waals surface area contributed by atoms with E-state index in [-0.39, 0.29) is 6.04 Å². The first-order chi connectivity index (χ1) is 7.83. The second-order valence-electron chi connectivity index (χ2n) is 3.84. The SMILES string of the molecule is FC[C@H](c1cccnc1Cl)N1CCNCC1. The van der Waals surface area contributed by atoms with Crippen molar-refractivity contribution in [1.82, 2.24) is 15.2 Å². The van der Waals surface area contributed by atoms with Crippen molar-refractivity contribution in [3.63, 3.8) is 0 Å². The summed E-state index contributed by atoms with van der Waals surface area (Å²) in [4.78, 5) is 6.11. The van der Waals surface area contributed by atoms with Gasteiger partial charge in [-0.15, -0.1) is 0 Å². The number of nitrogens with zero attached hydrogens (tertiary/aromatic N) is 2. The zero-order valence-corrected chi connectivity index (χ0v) is 9.75. The number of piperazine rings is 1. The van der Waals surface area contributed by atoms with E-state index in [2.05, 4.69) is 15.2 Å². The van der Waals surface area contributed by atoms with E-state index in [9.17, 15) is 4.39 Å². The second-order valence-corrected chi connectivity index (χ2v) is 4.20. The molecule has 1 atom stereocenters. The number of alkyl halides is 1. The highest BCUT2D eigenvalue weighted by molar-refractivity contribution is 6.30. The number of pyridine rings is 1. The fourth-order valence-corrected chi connectivity index (χ4v) is 2.26. The van der Waals surface area contributed by atoms with Crippen LogP contribution in [0.4, 0.5) is 4.39 Å². The summed E-state index contributed by atoms with van der Waals surface area (Å²) in [5.41, 5.74) is 0.786. The number of halogens is 2. The lowest BCUT2D eigenvalue weighted by Gasteiger charge is -2.33. The van der Waals surface area contributed by atoms with Crippen LogP contribution >= 0.6 is 11.6 Å². The van der Waals surface area contributed by atoms with Crippen molar-refractivity contribution < 1.29 is 4.39 Å². The molecule has 1 saturated heterocycles. The highest BCUT2D eigenvalue weighted by Crippen LogP contribution is 2.26. The molecule has 2 rings (SSSR count). The molecule has 1 aromatic rings. The fourth-order valence-electron chi connectivity index (χ4n) is 2.02. The molecule has 88 valence electrons.